The molecule has 0 aromatic heterocycles. The van der Waals surface area contributed by atoms with Crippen LogP contribution in [0.15, 0.2) is 30.3 Å². The van der Waals surface area contributed by atoms with Gasteiger partial charge in [-0.1, -0.05) is 37.3 Å². The van der Waals surface area contributed by atoms with Crippen molar-refractivity contribution in [3.63, 3.8) is 0 Å². The molecule has 0 heterocycles. The van der Waals surface area contributed by atoms with Gasteiger partial charge in [-0.25, -0.2) is 0 Å². The minimum Gasteiger partial charge on any atom is -0.466 e. The van der Waals surface area contributed by atoms with Gasteiger partial charge >= 0.3 is 5.97 Å². The van der Waals surface area contributed by atoms with Crippen LogP contribution in [0.1, 0.15) is 44.6 Å². The fraction of sp³-hybridized carbons (Fsp3) is 0.500. The largest absolute Gasteiger partial charge is 0.466 e. The van der Waals surface area contributed by atoms with Crippen molar-refractivity contribution in [2.75, 3.05) is 6.61 Å². The summed E-state index contributed by atoms with van der Waals surface area (Å²) in [4.78, 5) is 11.3. The third-order valence-corrected chi connectivity index (χ3v) is 2.77. The van der Waals surface area contributed by atoms with Crippen molar-refractivity contribution in [2.45, 2.75) is 39.0 Å². The Morgan fingerprint density at radius 2 is 1.94 bits per heavy atom. The van der Waals surface area contributed by atoms with Crippen LogP contribution >= 0.6 is 0 Å². The van der Waals surface area contributed by atoms with Crippen LogP contribution in [0, 0.1) is 0 Å². The highest BCUT2D eigenvalue weighted by molar-refractivity contribution is 5.69. The molecule has 0 saturated carbocycles. The van der Waals surface area contributed by atoms with Gasteiger partial charge in [0, 0.05) is 6.42 Å². The van der Waals surface area contributed by atoms with Crippen LogP contribution in [0.3, 0.4) is 0 Å². The molecule has 0 saturated heterocycles. The van der Waals surface area contributed by atoms with Gasteiger partial charge in [0.25, 0.3) is 0 Å². The summed E-state index contributed by atoms with van der Waals surface area (Å²) < 4.78 is 4.93. The first-order valence-corrected chi connectivity index (χ1v) is 5.98. The maximum absolute atomic E-state index is 11.3. The Bertz CT molecular complexity index is 306. The van der Waals surface area contributed by atoms with Crippen molar-refractivity contribution in [1.29, 1.82) is 0 Å². The Balaban J connectivity index is 2.47. The summed E-state index contributed by atoms with van der Waals surface area (Å²) in [5.41, 5.74) is 1.31. The Hall–Kier alpha value is -1.31. The van der Waals surface area contributed by atoms with Crippen LogP contribution in [0.2, 0.25) is 0 Å². The van der Waals surface area contributed by atoms with Crippen LogP contribution in [0.4, 0.5) is 0 Å². The molecule has 88 valence electrons. The van der Waals surface area contributed by atoms with Gasteiger partial charge in [-0.2, -0.15) is 0 Å². The van der Waals surface area contributed by atoms with Crippen LogP contribution < -0.4 is 0 Å². The maximum Gasteiger partial charge on any atom is 0.305 e. The molecule has 1 aromatic rings. The standard InChI is InChI=1S/C14H20O2/c1-3-12(10-11-14(15)16-4-2)13-8-6-5-7-9-13/h5-9,12H,3-4,10-11H2,1-2H3/t12-/m1/s1. The van der Waals surface area contributed by atoms with E-state index in [-0.39, 0.29) is 5.97 Å². The van der Waals surface area contributed by atoms with Gasteiger partial charge in [-0.05, 0) is 31.2 Å². The highest BCUT2D eigenvalue weighted by Gasteiger charge is 2.11. The van der Waals surface area contributed by atoms with Gasteiger partial charge in [0.15, 0.2) is 0 Å². The fourth-order valence-corrected chi connectivity index (χ4v) is 1.86. The van der Waals surface area contributed by atoms with Crippen molar-refractivity contribution in [2.24, 2.45) is 0 Å². The SMILES string of the molecule is CCOC(=O)CC[C@@H](CC)c1ccccc1. The molecule has 0 aliphatic heterocycles. The lowest BCUT2D eigenvalue weighted by molar-refractivity contribution is -0.143. The molecular formula is C14H20O2. The molecule has 1 rings (SSSR count). The summed E-state index contributed by atoms with van der Waals surface area (Å²) in [5, 5.41) is 0. The summed E-state index contributed by atoms with van der Waals surface area (Å²) in [5.74, 6) is 0.377. The van der Waals surface area contributed by atoms with Crippen molar-refractivity contribution >= 4 is 5.97 Å². The molecule has 0 aliphatic rings. The Labute approximate surface area is 97.6 Å². The monoisotopic (exact) mass is 220 g/mol. The van der Waals surface area contributed by atoms with E-state index in [1.165, 1.54) is 5.56 Å². The summed E-state index contributed by atoms with van der Waals surface area (Å²) >= 11 is 0. The van der Waals surface area contributed by atoms with E-state index in [0.717, 1.165) is 12.8 Å². The smallest absolute Gasteiger partial charge is 0.305 e. The predicted molar refractivity (Wildman–Crippen MR) is 65.3 cm³/mol. The third-order valence-electron chi connectivity index (χ3n) is 2.77. The number of ether oxygens (including phenoxy) is 1. The van der Waals surface area contributed by atoms with Crippen LogP contribution in [-0.2, 0) is 9.53 Å². The van der Waals surface area contributed by atoms with E-state index in [9.17, 15) is 4.79 Å². The molecule has 0 aliphatic carbocycles. The molecule has 0 spiro atoms. The molecular weight excluding hydrogens is 200 g/mol. The lowest BCUT2D eigenvalue weighted by Crippen LogP contribution is -2.06. The minimum absolute atomic E-state index is 0.0862. The minimum atomic E-state index is -0.0862. The van der Waals surface area contributed by atoms with Crippen LogP contribution in [0.25, 0.3) is 0 Å². The number of esters is 1. The van der Waals surface area contributed by atoms with Crippen molar-refractivity contribution < 1.29 is 9.53 Å². The van der Waals surface area contributed by atoms with E-state index in [2.05, 4.69) is 19.1 Å². The summed E-state index contributed by atoms with van der Waals surface area (Å²) in [6, 6.07) is 10.4. The fourth-order valence-electron chi connectivity index (χ4n) is 1.86. The molecule has 0 radical (unpaired) electrons. The first-order chi connectivity index (χ1) is 7.77. The zero-order valence-electron chi connectivity index (χ0n) is 10.1. The lowest BCUT2D eigenvalue weighted by Gasteiger charge is -2.14. The topological polar surface area (TPSA) is 26.3 Å². The van der Waals surface area contributed by atoms with E-state index in [0.29, 0.717) is 18.9 Å². The molecule has 1 aromatic carbocycles. The van der Waals surface area contributed by atoms with E-state index < -0.39 is 0 Å². The van der Waals surface area contributed by atoms with E-state index in [4.69, 9.17) is 4.74 Å². The van der Waals surface area contributed by atoms with Gasteiger partial charge in [-0.3, -0.25) is 4.79 Å². The maximum atomic E-state index is 11.3. The summed E-state index contributed by atoms with van der Waals surface area (Å²) in [6.07, 6.45) is 2.45. The lowest BCUT2D eigenvalue weighted by atomic mass is 9.92. The van der Waals surface area contributed by atoms with Crippen molar-refractivity contribution in [3.05, 3.63) is 35.9 Å². The molecule has 2 nitrogen and oxygen atoms in total. The average molecular weight is 220 g/mol. The number of carbonyl (C=O) groups excluding carboxylic acids is 1. The van der Waals surface area contributed by atoms with E-state index in [1.54, 1.807) is 0 Å². The molecule has 0 bridgehead atoms. The second-order valence-electron chi connectivity index (χ2n) is 3.86. The van der Waals surface area contributed by atoms with Crippen LogP contribution in [-0.4, -0.2) is 12.6 Å². The number of benzene rings is 1. The number of hydrogen-bond acceptors (Lipinski definition) is 2. The van der Waals surface area contributed by atoms with Crippen LogP contribution in [0.5, 0.6) is 0 Å². The Morgan fingerprint density at radius 1 is 1.25 bits per heavy atom. The quantitative estimate of drug-likeness (QED) is 0.686. The van der Waals surface area contributed by atoms with Gasteiger partial charge in [-0.15, -0.1) is 0 Å². The molecule has 16 heavy (non-hydrogen) atoms. The average Bonchev–Trinajstić information content (AvgIpc) is 2.31. The summed E-state index contributed by atoms with van der Waals surface area (Å²) in [7, 11) is 0. The van der Waals surface area contributed by atoms with Gasteiger partial charge < -0.3 is 4.74 Å². The first kappa shape index (κ1) is 12.8. The zero-order chi connectivity index (χ0) is 11.8. The number of carbonyl (C=O) groups is 1. The first-order valence-electron chi connectivity index (χ1n) is 5.98. The highest BCUT2D eigenvalue weighted by atomic mass is 16.5. The van der Waals surface area contributed by atoms with Gasteiger partial charge in [0.05, 0.1) is 6.61 Å². The Kier molecular flexibility index (Phi) is 5.62. The van der Waals surface area contributed by atoms with Crippen molar-refractivity contribution in [1.82, 2.24) is 0 Å². The van der Waals surface area contributed by atoms with Gasteiger partial charge in [0.1, 0.15) is 0 Å². The Morgan fingerprint density at radius 3 is 2.50 bits per heavy atom. The molecule has 0 amide bonds. The number of hydrogen-bond donors (Lipinski definition) is 0. The molecule has 1 atom stereocenters. The molecule has 0 fully saturated rings. The molecule has 0 unspecified atom stereocenters. The molecule has 0 N–H and O–H groups in total. The van der Waals surface area contributed by atoms with E-state index >= 15 is 0 Å². The summed E-state index contributed by atoms with van der Waals surface area (Å²) in [6.45, 7) is 4.47. The van der Waals surface area contributed by atoms with Crippen molar-refractivity contribution in [3.8, 4) is 0 Å². The second-order valence-corrected chi connectivity index (χ2v) is 3.86. The predicted octanol–water partition coefficient (Wildman–Crippen LogP) is 3.52. The van der Waals surface area contributed by atoms with Gasteiger partial charge in [0.2, 0.25) is 0 Å². The second kappa shape index (κ2) is 7.04. The number of rotatable bonds is 6. The zero-order valence-corrected chi connectivity index (χ0v) is 10.1. The highest BCUT2D eigenvalue weighted by Crippen LogP contribution is 2.24. The normalized spacial score (nSPS) is 12.1. The third kappa shape index (κ3) is 4.05. The molecule has 2 heteroatoms. The van der Waals surface area contributed by atoms with E-state index in [1.807, 2.05) is 25.1 Å².